The molecule has 0 aliphatic rings. The Morgan fingerprint density at radius 2 is 1.62 bits per heavy atom. The first kappa shape index (κ1) is 25.0. The van der Waals surface area contributed by atoms with Gasteiger partial charge in [-0.25, -0.2) is 9.78 Å². The molecule has 0 fully saturated rings. The summed E-state index contributed by atoms with van der Waals surface area (Å²) in [6.07, 6.45) is -5.08. The second-order valence-electron chi connectivity index (χ2n) is 8.21. The lowest BCUT2D eigenvalue weighted by Gasteiger charge is -2.09. The van der Waals surface area contributed by atoms with Gasteiger partial charge in [-0.3, -0.25) is 0 Å². The summed E-state index contributed by atoms with van der Waals surface area (Å²) in [5, 5.41) is 10.6. The minimum absolute atomic E-state index is 0.672. The lowest BCUT2D eigenvalue weighted by Crippen LogP contribution is -2.21. The Kier molecular flexibility index (Phi) is 8.07. The maximum absolute atomic E-state index is 10.6. The molecule has 34 heavy (non-hydrogen) atoms. The molecule has 0 saturated carbocycles. The van der Waals surface area contributed by atoms with E-state index in [-0.39, 0.29) is 0 Å². The maximum Gasteiger partial charge on any atom is 0.490 e. The Morgan fingerprint density at radius 1 is 0.971 bits per heavy atom. The highest BCUT2D eigenvalue weighted by atomic mass is 19.4. The number of aliphatic carboxylic acids is 1. The number of para-hydroxylation sites is 2. The molecule has 0 aliphatic carbocycles. The van der Waals surface area contributed by atoms with Crippen LogP contribution in [0.3, 0.4) is 0 Å². The van der Waals surface area contributed by atoms with E-state index in [2.05, 4.69) is 78.7 Å². The van der Waals surface area contributed by atoms with Crippen LogP contribution in [0.25, 0.3) is 33.5 Å². The summed E-state index contributed by atoms with van der Waals surface area (Å²) in [5.41, 5.74) is 6.90. The number of nitrogens with one attached hydrogen (secondary N) is 2. The fraction of sp³-hybridized carbons (Fsp3) is 0.231. The van der Waals surface area contributed by atoms with Gasteiger partial charge >= 0.3 is 12.1 Å². The highest BCUT2D eigenvalue weighted by molar-refractivity contribution is 5.80. The molecule has 0 unspecified atom stereocenters. The number of hydrogen-bond donors (Lipinski definition) is 3. The number of nitrogens with zero attached hydrogens (tertiary/aromatic N) is 1. The Bertz CT molecular complexity index is 1200. The summed E-state index contributed by atoms with van der Waals surface area (Å²) in [6.45, 7) is 6.41. The fourth-order valence-corrected chi connectivity index (χ4v) is 3.26. The number of carboxylic acids is 1. The average molecular weight is 470 g/mol. The van der Waals surface area contributed by atoms with Crippen LogP contribution in [0.1, 0.15) is 19.4 Å². The van der Waals surface area contributed by atoms with Crippen molar-refractivity contribution in [1.82, 2.24) is 15.3 Å². The van der Waals surface area contributed by atoms with Gasteiger partial charge in [0.15, 0.2) is 0 Å². The quantitative estimate of drug-likeness (QED) is 0.311. The van der Waals surface area contributed by atoms with Crippen molar-refractivity contribution in [2.45, 2.75) is 26.6 Å². The smallest absolute Gasteiger partial charge is 0.475 e. The van der Waals surface area contributed by atoms with Gasteiger partial charge in [-0.15, -0.1) is 0 Å². The molecule has 8 heteroatoms. The second-order valence-corrected chi connectivity index (χ2v) is 8.21. The first-order chi connectivity index (χ1) is 16.1. The third kappa shape index (κ3) is 6.92. The molecular weight excluding hydrogens is 443 g/mol. The molecule has 178 valence electrons. The molecule has 3 aromatic carbocycles. The summed E-state index contributed by atoms with van der Waals surface area (Å²) in [7, 11) is 0. The molecule has 0 radical (unpaired) electrons. The number of aromatic nitrogens is 2. The van der Waals surface area contributed by atoms with Crippen LogP contribution >= 0.6 is 0 Å². The lowest BCUT2D eigenvalue weighted by atomic mass is 10.0. The maximum atomic E-state index is 10.6. The average Bonchev–Trinajstić information content (AvgIpc) is 3.24. The summed E-state index contributed by atoms with van der Waals surface area (Å²) in [5.74, 6) is -1.18. The molecule has 1 aromatic heterocycles. The van der Waals surface area contributed by atoms with E-state index in [1.165, 1.54) is 16.7 Å². The van der Waals surface area contributed by atoms with E-state index in [1.807, 2.05) is 18.2 Å². The van der Waals surface area contributed by atoms with E-state index in [0.717, 1.165) is 35.5 Å². The molecular formula is C26H26F3N3O2. The Labute approximate surface area is 195 Å². The normalized spacial score (nSPS) is 11.4. The lowest BCUT2D eigenvalue weighted by molar-refractivity contribution is -0.192. The Balaban J connectivity index is 0.000000406. The standard InChI is InChI=1S/C24H25N3.C2HF3O2/c1-17(2)15-25-16-18-10-12-19(13-11-18)20-6-5-7-21(14-20)24-26-22-8-3-4-9-23(22)27-24;3-2(4,5)1(6)7/h3-14,17,25H,15-16H2,1-2H3,(H,26,27);(H,6,7). The molecule has 4 aromatic rings. The number of benzene rings is 3. The summed E-state index contributed by atoms with van der Waals surface area (Å²) in [6, 6.07) is 25.5. The number of H-pyrrole nitrogens is 1. The highest BCUT2D eigenvalue weighted by Gasteiger charge is 2.38. The number of carboxylic acid groups (broad SMARTS) is 1. The third-order valence-electron chi connectivity index (χ3n) is 4.94. The molecule has 5 nitrogen and oxygen atoms in total. The zero-order valence-electron chi connectivity index (χ0n) is 18.9. The molecule has 0 spiro atoms. The van der Waals surface area contributed by atoms with Crippen LogP contribution in [0.4, 0.5) is 13.2 Å². The van der Waals surface area contributed by atoms with Crippen LogP contribution in [0.5, 0.6) is 0 Å². The summed E-state index contributed by atoms with van der Waals surface area (Å²) >= 11 is 0. The van der Waals surface area contributed by atoms with Crippen molar-refractivity contribution in [2.75, 3.05) is 6.54 Å². The van der Waals surface area contributed by atoms with E-state index in [0.29, 0.717) is 5.92 Å². The van der Waals surface area contributed by atoms with Crippen molar-refractivity contribution in [1.29, 1.82) is 0 Å². The van der Waals surface area contributed by atoms with Crippen LogP contribution in [0.15, 0.2) is 72.8 Å². The molecule has 0 saturated heterocycles. The van der Waals surface area contributed by atoms with Gasteiger partial charge < -0.3 is 15.4 Å². The van der Waals surface area contributed by atoms with Crippen LogP contribution in [0.2, 0.25) is 0 Å². The van der Waals surface area contributed by atoms with Crippen LogP contribution in [0, 0.1) is 5.92 Å². The van der Waals surface area contributed by atoms with E-state index < -0.39 is 12.1 Å². The van der Waals surface area contributed by atoms with Crippen molar-refractivity contribution in [3.8, 4) is 22.5 Å². The minimum Gasteiger partial charge on any atom is -0.475 e. The van der Waals surface area contributed by atoms with Crippen molar-refractivity contribution in [3.63, 3.8) is 0 Å². The number of hydrogen-bond acceptors (Lipinski definition) is 3. The Morgan fingerprint density at radius 3 is 2.24 bits per heavy atom. The second kappa shape index (κ2) is 11.0. The number of fused-ring (bicyclic) bond motifs is 1. The van der Waals surface area contributed by atoms with Crippen molar-refractivity contribution in [2.24, 2.45) is 5.92 Å². The predicted molar refractivity (Wildman–Crippen MR) is 127 cm³/mol. The van der Waals surface area contributed by atoms with Gasteiger partial charge in [0, 0.05) is 12.1 Å². The van der Waals surface area contributed by atoms with Gasteiger partial charge in [-0.05, 0) is 47.4 Å². The fourth-order valence-electron chi connectivity index (χ4n) is 3.26. The number of imidazole rings is 1. The van der Waals surface area contributed by atoms with Gasteiger partial charge in [0.25, 0.3) is 0 Å². The third-order valence-corrected chi connectivity index (χ3v) is 4.94. The van der Waals surface area contributed by atoms with Crippen LogP contribution < -0.4 is 5.32 Å². The molecule has 0 aliphatic heterocycles. The zero-order chi connectivity index (χ0) is 24.7. The van der Waals surface area contributed by atoms with Crippen molar-refractivity contribution in [3.05, 3.63) is 78.4 Å². The number of alkyl halides is 3. The topological polar surface area (TPSA) is 78.0 Å². The van der Waals surface area contributed by atoms with Gasteiger partial charge in [-0.2, -0.15) is 13.2 Å². The number of carbonyl (C=O) groups is 1. The Hall–Kier alpha value is -3.65. The molecule has 1 heterocycles. The van der Waals surface area contributed by atoms with Gasteiger partial charge in [-0.1, -0.05) is 68.4 Å². The van der Waals surface area contributed by atoms with E-state index in [9.17, 15) is 13.2 Å². The van der Waals surface area contributed by atoms with E-state index >= 15 is 0 Å². The molecule has 3 N–H and O–H groups in total. The van der Waals surface area contributed by atoms with Crippen molar-refractivity contribution >= 4 is 17.0 Å². The minimum atomic E-state index is -5.08. The van der Waals surface area contributed by atoms with Gasteiger partial charge in [0.1, 0.15) is 5.82 Å². The van der Waals surface area contributed by atoms with E-state index in [4.69, 9.17) is 14.9 Å². The van der Waals surface area contributed by atoms with Crippen LogP contribution in [-0.4, -0.2) is 33.8 Å². The van der Waals surface area contributed by atoms with Gasteiger partial charge in [0.2, 0.25) is 0 Å². The predicted octanol–water partition coefficient (Wildman–Crippen LogP) is 6.28. The first-order valence-corrected chi connectivity index (χ1v) is 10.8. The SMILES string of the molecule is CC(C)CNCc1ccc(-c2cccc(-c3nc4ccccc4[nH]3)c2)cc1.O=C(O)C(F)(F)F. The van der Waals surface area contributed by atoms with Gasteiger partial charge in [0.05, 0.1) is 11.0 Å². The number of aromatic amines is 1. The summed E-state index contributed by atoms with van der Waals surface area (Å²) < 4.78 is 31.7. The molecule has 0 bridgehead atoms. The number of rotatable bonds is 6. The van der Waals surface area contributed by atoms with Crippen LogP contribution in [-0.2, 0) is 11.3 Å². The zero-order valence-corrected chi connectivity index (χ0v) is 18.9. The summed E-state index contributed by atoms with van der Waals surface area (Å²) in [4.78, 5) is 17.0. The molecule has 0 atom stereocenters. The molecule has 0 amide bonds. The number of halogens is 3. The molecule has 4 rings (SSSR count). The monoisotopic (exact) mass is 469 g/mol. The highest BCUT2D eigenvalue weighted by Crippen LogP contribution is 2.26. The van der Waals surface area contributed by atoms with E-state index in [1.54, 1.807) is 0 Å². The largest absolute Gasteiger partial charge is 0.490 e. The van der Waals surface area contributed by atoms with Crippen molar-refractivity contribution < 1.29 is 23.1 Å². The first-order valence-electron chi connectivity index (χ1n) is 10.8.